The molecule has 25 heavy (non-hydrogen) atoms. The SMILES string of the molecule is O=C1CSc2ccc(C(=O)N3[C@@H]4CCCC[C@H]4C[C@H]3C(=O)O)cc2N1. The molecule has 2 fully saturated rings. The molecule has 2 heterocycles. The minimum absolute atomic E-state index is 0.0161. The zero-order valence-corrected chi connectivity index (χ0v) is 14.6. The zero-order chi connectivity index (χ0) is 17.6. The van der Waals surface area contributed by atoms with Crippen LogP contribution in [-0.2, 0) is 9.59 Å². The van der Waals surface area contributed by atoms with Crippen molar-refractivity contribution in [3.63, 3.8) is 0 Å². The minimum Gasteiger partial charge on any atom is -0.480 e. The fourth-order valence-corrected chi connectivity index (χ4v) is 5.13. The van der Waals surface area contributed by atoms with Gasteiger partial charge in [0.1, 0.15) is 6.04 Å². The molecule has 1 aliphatic carbocycles. The average Bonchev–Trinajstić information content (AvgIpc) is 3.00. The Bertz CT molecular complexity index is 751. The molecule has 3 aliphatic rings. The third kappa shape index (κ3) is 2.90. The largest absolute Gasteiger partial charge is 0.480 e. The topological polar surface area (TPSA) is 86.7 Å². The summed E-state index contributed by atoms with van der Waals surface area (Å²) in [5.74, 6) is -0.596. The molecular weight excluding hydrogens is 340 g/mol. The molecule has 3 atom stereocenters. The van der Waals surface area contributed by atoms with Gasteiger partial charge in [-0.1, -0.05) is 12.8 Å². The third-order valence-corrected chi connectivity index (χ3v) is 6.54. The maximum atomic E-state index is 13.1. The molecule has 0 bridgehead atoms. The van der Waals surface area contributed by atoms with Gasteiger partial charge in [-0.05, 0) is 43.4 Å². The second-order valence-electron chi connectivity index (χ2n) is 6.96. The Balaban J connectivity index is 1.65. The van der Waals surface area contributed by atoms with Crippen molar-refractivity contribution in [2.75, 3.05) is 11.1 Å². The molecular formula is C18H20N2O4S. The van der Waals surface area contributed by atoms with E-state index in [2.05, 4.69) is 5.32 Å². The summed E-state index contributed by atoms with van der Waals surface area (Å²) in [5.41, 5.74) is 1.08. The van der Waals surface area contributed by atoms with Gasteiger partial charge in [-0.3, -0.25) is 9.59 Å². The Morgan fingerprint density at radius 3 is 2.84 bits per heavy atom. The summed E-state index contributed by atoms with van der Waals surface area (Å²) in [6.07, 6.45) is 4.56. The molecule has 2 N–H and O–H groups in total. The minimum atomic E-state index is -0.926. The number of anilines is 1. The van der Waals surface area contributed by atoms with Crippen molar-refractivity contribution >= 4 is 35.2 Å². The number of thioether (sulfide) groups is 1. The van der Waals surface area contributed by atoms with Gasteiger partial charge in [-0.2, -0.15) is 0 Å². The smallest absolute Gasteiger partial charge is 0.326 e. The molecule has 6 nitrogen and oxygen atoms in total. The van der Waals surface area contributed by atoms with Crippen molar-refractivity contribution in [1.82, 2.24) is 4.90 Å². The Morgan fingerprint density at radius 2 is 2.04 bits per heavy atom. The van der Waals surface area contributed by atoms with Gasteiger partial charge in [-0.25, -0.2) is 4.79 Å². The first-order valence-corrected chi connectivity index (χ1v) is 9.65. The fourth-order valence-electron chi connectivity index (χ4n) is 4.34. The maximum absolute atomic E-state index is 13.1. The predicted octanol–water partition coefficient (Wildman–Crippen LogP) is 2.59. The number of benzene rings is 1. The number of carboxylic acids is 1. The lowest BCUT2D eigenvalue weighted by molar-refractivity contribution is -0.141. The van der Waals surface area contributed by atoms with E-state index in [1.807, 2.05) is 6.07 Å². The lowest BCUT2D eigenvalue weighted by atomic mass is 9.84. The Kier molecular flexibility index (Phi) is 4.19. The van der Waals surface area contributed by atoms with Crippen molar-refractivity contribution < 1.29 is 19.5 Å². The molecule has 0 unspecified atom stereocenters. The van der Waals surface area contributed by atoms with Crippen LogP contribution in [0.2, 0.25) is 0 Å². The van der Waals surface area contributed by atoms with Crippen LogP contribution in [-0.4, -0.2) is 45.6 Å². The highest BCUT2D eigenvalue weighted by atomic mass is 32.2. The molecule has 1 aromatic rings. The first-order chi connectivity index (χ1) is 12.0. The molecule has 0 spiro atoms. The quantitative estimate of drug-likeness (QED) is 0.846. The van der Waals surface area contributed by atoms with Crippen molar-refractivity contribution in [3.05, 3.63) is 23.8 Å². The highest BCUT2D eigenvalue weighted by molar-refractivity contribution is 8.00. The number of nitrogens with one attached hydrogen (secondary N) is 1. The van der Waals surface area contributed by atoms with E-state index < -0.39 is 12.0 Å². The van der Waals surface area contributed by atoms with Crippen LogP contribution in [0.4, 0.5) is 5.69 Å². The summed E-state index contributed by atoms with van der Waals surface area (Å²) in [4.78, 5) is 38.9. The number of carbonyl (C=O) groups is 3. The second kappa shape index (κ2) is 6.37. The van der Waals surface area contributed by atoms with E-state index in [9.17, 15) is 19.5 Å². The second-order valence-corrected chi connectivity index (χ2v) is 7.98. The summed E-state index contributed by atoms with van der Waals surface area (Å²) in [7, 11) is 0. The number of carbonyl (C=O) groups excluding carboxylic acids is 2. The molecule has 4 rings (SSSR count). The zero-order valence-electron chi connectivity index (χ0n) is 13.7. The number of fused-ring (bicyclic) bond motifs is 2. The lowest BCUT2D eigenvalue weighted by Crippen LogP contribution is -2.46. The summed E-state index contributed by atoms with van der Waals surface area (Å²) in [6.45, 7) is 0. The number of hydrogen-bond acceptors (Lipinski definition) is 4. The summed E-state index contributed by atoms with van der Waals surface area (Å²) in [6, 6.07) is 4.51. The van der Waals surface area contributed by atoms with Crippen LogP contribution in [0.15, 0.2) is 23.1 Å². The number of aliphatic carboxylic acids is 1. The predicted molar refractivity (Wildman–Crippen MR) is 93.8 cm³/mol. The van der Waals surface area contributed by atoms with Crippen LogP contribution in [0.1, 0.15) is 42.5 Å². The normalized spacial score (nSPS) is 28.1. The van der Waals surface area contributed by atoms with Gasteiger partial charge < -0.3 is 15.3 Å². The van der Waals surface area contributed by atoms with Crippen LogP contribution in [0, 0.1) is 5.92 Å². The highest BCUT2D eigenvalue weighted by Gasteiger charge is 2.47. The maximum Gasteiger partial charge on any atom is 0.326 e. The van der Waals surface area contributed by atoms with Gasteiger partial charge in [0.05, 0.1) is 11.4 Å². The molecule has 1 saturated carbocycles. The lowest BCUT2D eigenvalue weighted by Gasteiger charge is -2.33. The van der Waals surface area contributed by atoms with Gasteiger partial charge in [0.2, 0.25) is 5.91 Å². The fraction of sp³-hybridized carbons (Fsp3) is 0.500. The van der Waals surface area contributed by atoms with Crippen LogP contribution in [0.3, 0.4) is 0 Å². The van der Waals surface area contributed by atoms with E-state index in [1.54, 1.807) is 17.0 Å². The number of hydrogen-bond donors (Lipinski definition) is 2. The summed E-state index contributed by atoms with van der Waals surface area (Å²) in [5, 5.41) is 12.4. The number of nitrogens with zero attached hydrogens (tertiary/aromatic N) is 1. The van der Waals surface area contributed by atoms with Gasteiger partial charge in [-0.15, -0.1) is 11.8 Å². The van der Waals surface area contributed by atoms with Crippen LogP contribution in [0.5, 0.6) is 0 Å². The molecule has 2 amide bonds. The Morgan fingerprint density at radius 1 is 1.24 bits per heavy atom. The number of likely N-dealkylation sites (tertiary alicyclic amines) is 1. The third-order valence-electron chi connectivity index (χ3n) is 5.47. The Hall–Kier alpha value is -2.02. The van der Waals surface area contributed by atoms with Crippen molar-refractivity contribution in [2.24, 2.45) is 5.92 Å². The average molecular weight is 360 g/mol. The van der Waals surface area contributed by atoms with E-state index >= 15 is 0 Å². The van der Waals surface area contributed by atoms with Crippen LogP contribution >= 0.6 is 11.8 Å². The van der Waals surface area contributed by atoms with E-state index in [0.717, 1.165) is 30.6 Å². The van der Waals surface area contributed by atoms with E-state index in [0.29, 0.717) is 23.4 Å². The van der Waals surface area contributed by atoms with Crippen LogP contribution < -0.4 is 5.32 Å². The molecule has 1 aromatic carbocycles. The summed E-state index contributed by atoms with van der Waals surface area (Å²) < 4.78 is 0. The first kappa shape index (κ1) is 16.4. The van der Waals surface area contributed by atoms with Crippen molar-refractivity contribution in [2.45, 2.75) is 49.1 Å². The molecule has 0 aromatic heterocycles. The molecule has 2 aliphatic heterocycles. The van der Waals surface area contributed by atoms with Crippen molar-refractivity contribution in [1.29, 1.82) is 0 Å². The van der Waals surface area contributed by atoms with Crippen molar-refractivity contribution in [3.8, 4) is 0 Å². The standard InChI is InChI=1S/C18H20N2O4S/c21-16-9-25-15-6-5-11(7-12(15)19-16)17(22)20-13-4-2-1-3-10(13)8-14(20)18(23)24/h5-7,10,13-14H,1-4,8-9H2,(H,19,21)(H,23,24)/t10-,13+,14-/m0/s1. The van der Waals surface area contributed by atoms with Gasteiger partial charge >= 0.3 is 5.97 Å². The number of carboxylic acid groups (broad SMARTS) is 1. The molecule has 1 saturated heterocycles. The van der Waals surface area contributed by atoms with E-state index in [1.165, 1.54) is 11.8 Å². The van der Waals surface area contributed by atoms with Crippen LogP contribution in [0.25, 0.3) is 0 Å². The molecule has 132 valence electrons. The Labute approximate surface area is 150 Å². The van der Waals surface area contributed by atoms with Gasteiger partial charge in [0.15, 0.2) is 0 Å². The number of amides is 2. The van der Waals surface area contributed by atoms with Gasteiger partial charge in [0.25, 0.3) is 5.91 Å². The first-order valence-electron chi connectivity index (χ1n) is 8.67. The van der Waals surface area contributed by atoms with E-state index in [-0.39, 0.29) is 23.8 Å². The molecule has 0 radical (unpaired) electrons. The highest BCUT2D eigenvalue weighted by Crippen LogP contribution is 2.41. The van der Waals surface area contributed by atoms with E-state index in [4.69, 9.17) is 0 Å². The monoisotopic (exact) mass is 360 g/mol. The number of rotatable bonds is 2. The summed E-state index contributed by atoms with van der Waals surface area (Å²) >= 11 is 1.44. The molecule has 7 heteroatoms. The van der Waals surface area contributed by atoms with Gasteiger partial charge in [0, 0.05) is 16.5 Å².